The van der Waals surface area contributed by atoms with Crippen molar-refractivity contribution in [2.24, 2.45) is 0 Å². The second-order valence-corrected chi connectivity index (χ2v) is 5.58. The van der Waals surface area contributed by atoms with Crippen LogP contribution in [0.25, 0.3) is 0 Å². The summed E-state index contributed by atoms with van der Waals surface area (Å²) in [5.74, 6) is 0. The van der Waals surface area contributed by atoms with Crippen LogP contribution in [-0.2, 0) is 12.8 Å². The molecule has 0 spiro atoms. The minimum Gasteiger partial charge on any atom is -0.388 e. The molecule has 0 bridgehead atoms. The van der Waals surface area contributed by atoms with E-state index in [9.17, 15) is 5.11 Å². The van der Waals surface area contributed by atoms with Gasteiger partial charge in [-0.1, -0.05) is 37.1 Å². The number of hydrogen-bond donors (Lipinski definition) is 2. The maximum Gasteiger partial charge on any atom is 0.0880 e. The van der Waals surface area contributed by atoms with E-state index in [1.165, 1.54) is 30.4 Å². The highest BCUT2D eigenvalue weighted by Gasteiger charge is 2.41. The van der Waals surface area contributed by atoms with Crippen molar-refractivity contribution in [2.75, 3.05) is 6.54 Å². The van der Waals surface area contributed by atoms with Crippen molar-refractivity contribution in [3.05, 3.63) is 35.4 Å². The van der Waals surface area contributed by atoms with Gasteiger partial charge < -0.3 is 10.4 Å². The molecule has 1 aromatic carbocycles. The lowest BCUT2D eigenvalue weighted by Crippen LogP contribution is -2.51. The molecule has 0 aromatic heterocycles. The van der Waals surface area contributed by atoms with Gasteiger partial charge in [0.25, 0.3) is 0 Å². The molecule has 1 saturated heterocycles. The quantitative estimate of drug-likeness (QED) is 0.775. The van der Waals surface area contributed by atoms with Crippen LogP contribution in [0, 0.1) is 0 Å². The van der Waals surface area contributed by atoms with Crippen LogP contribution in [0.3, 0.4) is 0 Å². The summed E-state index contributed by atoms with van der Waals surface area (Å²) in [4.78, 5) is 0. The summed E-state index contributed by atoms with van der Waals surface area (Å²) in [7, 11) is 0. The third kappa shape index (κ3) is 2.12. The van der Waals surface area contributed by atoms with E-state index in [1.54, 1.807) is 0 Å². The van der Waals surface area contributed by atoms with Gasteiger partial charge in [0.15, 0.2) is 0 Å². The van der Waals surface area contributed by atoms with E-state index in [0.717, 1.165) is 25.8 Å². The number of fused-ring (bicyclic) bond motifs is 1. The highest BCUT2D eigenvalue weighted by atomic mass is 16.3. The summed E-state index contributed by atoms with van der Waals surface area (Å²) in [5.41, 5.74) is 2.12. The molecule has 2 heteroatoms. The first kappa shape index (κ1) is 11.2. The van der Waals surface area contributed by atoms with Gasteiger partial charge in [-0.3, -0.25) is 0 Å². The SMILES string of the molecule is OC1(C2CCCCCN2)Cc2ccccc2C1. The summed E-state index contributed by atoms with van der Waals surface area (Å²) in [6.07, 6.45) is 6.55. The van der Waals surface area contributed by atoms with E-state index < -0.39 is 5.60 Å². The number of benzene rings is 1. The Bertz CT molecular complexity index is 369. The Morgan fingerprint density at radius 3 is 2.47 bits per heavy atom. The molecule has 2 N–H and O–H groups in total. The first-order valence-corrected chi connectivity index (χ1v) is 6.80. The van der Waals surface area contributed by atoms with Crippen molar-refractivity contribution in [1.29, 1.82) is 0 Å². The van der Waals surface area contributed by atoms with Crippen molar-refractivity contribution >= 4 is 0 Å². The molecular weight excluding hydrogens is 210 g/mol. The lowest BCUT2D eigenvalue weighted by atomic mass is 9.88. The molecule has 1 aliphatic carbocycles. The van der Waals surface area contributed by atoms with Crippen molar-refractivity contribution in [1.82, 2.24) is 5.32 Å². The molecule has 1 unspecified atom stereocenters. The van der Waals surface area contributed by atoms with Crippen LogP contribution in [0.4, 0.5) is 0 Å². The fourth-order valence-corrected chi connectivity index (χ4v) is 3.36. The van der Waals surface area contributed by atoms with E-state index >= 15 is 0 Å². The van der Waals surface area contributed by atoms with Gasteiger partial charge in [-0.25, -0.2) is 0 Å². The molecule has 2 aliphatic rings. The van der Waals surface area contributed by atoms with Crippen molar-refractivity contribution in [3.63, 3.8) is 0 Å². The molecule has 92 valence electrons. The molecule has 0 radical (unpaired) electrons. The highest BCUT2D eigenvalue weighted by molar-refractivity contribution is 5.36. The van der Waals surface area contributed by atoms with Crippen LogP contribution >= 0.6 is 0 Å². The number of aliphatic hydroxyl groups is 1. The second-order valence-electron chi connectivity index (χ2n) is 5.58. The van der Waals surface area contributed by atoms with Crippen LogP contribution in [0.1, 0.15) is 36.8 Å². The van der Waals surface area contributed by atoms with E-state index in [-0.39, 0.29) is 6.04 Å². The predicted molar refractivity (Wildman–Crippen MR) is 69.1 cm³/mol. The molecule has 3 rings (SSSR count). The maximum atomic E-state index is 10.9. The summed E-state index contributed by atoms with van der Waals surface area (Å²) in [6, 6.07) is 8.74. The molecule has 0 amide bonds. The van der Waals surface area contributed by atoms with Gasteiger partial charge in [0.1, 0.15) is 0 Å². The molecule has 1 fully saturated rings. The van der Waals surface area contributed by atoms with Crippen molar-refractivity contribution < 1.29 is 5.11 Å². The van der Waals surface area contributed by atoms with E-state index in [4.69, 9.17) is 0 Å². The zero-order valence-electron chi connectivity index (χ0n) is 10.3. The smallest absolute Gasteiger partial charge is 0.0880 e. The zero-order chi connectivity index (χ0) is 11.7. The fraction of sp³-hybridized carbons (Fsp3) is 0.600. The molecule has 1 aliphatic heterocycles. The lowest BCUT2D eigenvalue weighted by molar-refractivity contribution is 0.00984. The van der Waals surface area contributed by atoms with E-state index in [1.807, 2.05) is 0 Å². The Kier molecular flexibility index (Phi) is 2.93. The Hall–Kier alpha value is -0.860. The molecule has 1 atom stereocenters. The average Bonchev–Trinajstić information content (AvgIpc) is 2.53. The second kappa shape index (κ2) is 4.43. The number of hydrogen-bond acceptors (Lipinski definition) is 2. The van der Waals surface area contributed by atoms with Gasteiger partial charge in [-0.2, -0.15) is 0 Å². The molecule has 1 aromatic rings. The van der Waals surface area contributed by atoms with Crippen LogP contribution in [0.15, 0.2) is 24.3 Å². The number of nitrogens with one attached hydrogen (secondary N) is 1. The summed E-state index contributed by atoms with van der Waals surface area (Å²) in [5, 5.41) is 14.4. The minimum absolute atomic E-state index is 0.275. The highest BCUT2D eigenvalue weighted by Crippen LogP contribution is 2.34. The van der Waals surface area contributed by atoms with Crippen LogP contribution in [0.2, 0.25) is 0 Å². The molecule has 2 nitrogen and oxygen atoms in total. The minimum atomic E-state index is -0.548. The Balaban J connectivity index is 1.80. The van der Waals surface area contributed by atoms with Crippen molar-refractivity contribution in [2.45, 2.75) is 50.2 Å². The zero-order valence-corrected chi connectivity index (χ0v) is 10.3. The Morgan fingerprint density at radius 1 is 1.06 bits per heavy atom. The molecule has 1 heterocycles. The van der Waals surface area contributed by atoms with Gasteiger partial charge in [-0.15, -0.1) is 0 Å². The lowest BCUT2D eigenvalue weighted by Gasteiger charge is -2.32. The third-order valence-electron chi connectivity index (χ3n) is 4.32. The molecule has 17 heavy (non-hydrogen) atoms. The van der Waals surface area contributed by atoms with Gasteiger partial charge in [0.05, 0.1) is 5.60 Å². The third-order valence-corrected chi connectivity index (χ3v) is 4.32. The Labute approximate surface area is 103 Å². The molecular formula is C15H21NO. The van der Waals surface area contributed by atoms with Crippen molar-refractivity contribution in [3.8, 4) is 0 Å². The summed E-state index contributed by atoms with van der Waals surface area (Å²) in [6.45, 7) is 1.06. The van der Waals surface area contributed by atoms with Gasteiger partial charge in [-0.05, 0) is 30.5 Å². The Morgan fingerprint density at radius 2 is 1.76 bits per heavy atom. The van der Waals surface area contributed by atoms with Crippen LogP contribution < -0.4 is 5.32 Å². The van der Waals surface area contributed by atoms with Gasteiger partial charge >= 0.3 is 0 Å². The van der Waals surface area contributed by atoms with E-state index in [0.29, 0.717) is 0 Å². The average molecular weight is 231 g/mol. The van der Waals surface area contributed by atoms with Crippen LogP contribution in [-0.4, -0.2) is 23.3 Å². The largest absolute Gasteiger partial charge is 0.388 e. The number of rotatable bonds is 1. The summed E-state index contributed by atoms with van der Waals surface area (Å²) < 4.78 is 0. The molecule has 0 saturated carbocycles. The monoisotopic (exact) mass is 231 g/mol. The van der Waals surface area contributed by atoms with Gasteiger partial charge in [0.2, 0.25) is 0 Å². The van der Waals surface area contributed by atoms with Gasteiger partial charge in [0, 0.05) is 18.9 Å². The first-order chi connectivity index (χ1) is 8.28. The topological polar surface area (TPSA) is 32.3 Å². The standard InChI is InChI=1S/C15H21NO/c17-15(14-8-2-1-5-9-16-14)10-12-6-3-4-7-13(12)11-15/h3-4,6-7,14,16-17H,1-2,5,8-11H2. The summed E-state index contributed by atoms with van der Waals surface area (Å²) >= 11 is 0. The maximum absolute atomic E-state index is 10.9. The fourth-order valence-electron chi connectivity index (χ4n) is 3.36. The first-order valence-electron chi connectivity index (χ1n) is 6.80. The van der Waals surface area contributed by atoms with Crippen LogP contribution in [0.5, 0.6) is 0 Å². The normalized spacial score (nSPS) is 27.5. The van der Waals surface area contributed by atoms with E-state index in [2.05, 4.69) is 29.6 Å². The predicted octanol–water partition coefficient (Wildman–Crippen LogP) is 2.05.